The van der Waals surface area contributed by atoms with E-state index in [1.165, 1.54) is 24.3 Å². The molecule has 1 aliphatic rings. The van der Waals surface area contributed by atoms with Crippen molar-refractivity contribution in [3.05, 3.63) is 78.9 Å². The van der Waals surface area contributed by atoms with Gasteiger partial charge in [-0.3, -0.25) is 9.44 Å². The van der Waals surface area contributed by atoms with Crippen molar-refractivity contribution in [1.29, 1.82) is 0 Å². The fourth-order valence-corrected chi connectivity index (χ4v) is 5.82. The molecule has 8 nitrogen and oxygen atoms in total. The fraction of sp³-hybridized carbons (Fsp3) is 0.217. The van der Waals surface area contributed by atoms with E-state index in [4.69, 9.17) is 0 Å². The summed E-state index contributed by atoms with van der Waals surface area (Å²) < 4.78 is 57.3. The molecule has 0 bridgehead atoms. The maximum atomic E-state index is 13.0. The summed E-state index contributed by atoms with van der Waals surface area (Å²) in [7, 11) is -7.84. The smallest absolute Gasteiger partial charge is 0.261 e. The van der Waals surface area contributed by atoms with E-state index < -0.39 is 20.0 Å². The van der Waals surface area contributed by atoms with Crippen LogP contribution in [0.2, 0.25) is 0 Å². The first kappa shape index (κ1) is 25.8. The molecule has 3 aromatic carbocycles. The Labute approximate surface area is 206 Å². The average molecular weight is 523 g/mol. The van der Waals surface area contributed by atoms with Gasteiger partial charge in [0.15, 0.2) is 0 Å². The minimum Gasteiger partial charge on any atom is -0.369 e. The minimum absolute atomic E-state index is 0. The number of hydrogen-bond donors (Lipinski definition) is 3. The Kier molecular flexibility index (Phi) is 8.42. The highest BCUT2D eigenvalue weighted by Crippen LogP contribution is 2.32. The van der Waals surface area contributed by atoms with Gasteiger partial charge in [-0.25, -0.2) is 16.8 Å². The van der Waals surface area contributed by atoms with E-state index >= 15 is 0 Å². The minimum atomic E-state index is -3.93. The van der Waals surface area contributed by atoms with Gasteiger partial charge in [0.1, 0.15) is 0 Å². The lowest BCUT2D eigenvalue weighted by Crippen LogP contribution is -2.29. The van der Waals surface area contributed by atoms with Gasteiger partial charge >= 0.3 is 0 Å². The first-order chi connectivity index (χ1) is 15.9. The van der Waals surface area contributed by atoms with Crippen LogP contribution in [0.3, 0.4) is 0 Å². The zero-order valence-corrected chi connectivity index (χ0v) is 20.8. The van der Waals surface area contributed by atoms with E-state index in [2.05, 4.69) is 19.7 Å². The molecule has 0 amide bonds. The molecule has 3 aromatic rings. The van der Waals surface area contributed by atoms with E-state index in [-0.39, 0.29) is 27.9 Å². The Bertz CT molecular complexity index is 1300. The van der Waals surface area contributed by atoms with Crippen molar-refractivity contribution in [3.63, 3.8) is 0 Å². The standard InChI is InChI=1S/C23H26N4O4S2.ClH/c28-32(29,20-10-5-2-6-11-20)26-22-18-21(33(30,31)25-19-8-3-1-4-9-19)12-13-23(22)27-16-7-14-24-15-17-27;/h1-6,8-13,18,24-26H,7,14-17H2;1H. The second kappa shape index (κ2) is 11.1. The molecule has 0 radical (unpaired) electrons. The number of sulfonamides is 2. The summed E-state index contributed by atoms with van der Waals surface area (Å²) in [6, 6.07) is 21.1. The van der Waals surface area contributed by atoms with Crippen LogP contribution in [0.4, 0.5) is 17.1 Å². The summed E-state index contributed by atoms with van der Waals surface area (Å²) in [4.78, 5) is 2.13. The van der Waals surface area contributed by atoms with Crippen LogP contribution in [0, 0.1) is 0 Å². The van der Waals surface area contributed by atoms with Gasteiger partial charge in [-0.1, -0.05) is 36.4 Å². The molecular formula is C23H27ClN4O4S2. The van der Waals surface area contributed by atoms with Crippen molar-refractivity contribution < 1.29 is 16.8 Å². The summed E-state index contributed by atoms with van der Waals surface area (Å²) >= 11 is 0. The van der Waals surface area contributed by atoms with Gasteiger partial charge in [-0.15, -0.1) is 12.4 Å². The molecule has 11 heteroatoms. The summed E-state index contributed by atoms with van der Waals surface area (Å²) in [5.74, 6) is 0. The molecule has 1 saturated heterocycles. The Hall–Kier alpha value is -2.79. The molecule has 0 spiro atoms. The van der Waals surface area contributed by atoms with Gasteiger partial charge in [0.2, 0.25) is 0 Å². The Morgan fingerprint density at radius 1 is 0.706 bits per heavy atom. The number of nitrogens with zero attached hydrogens (tertiary/aromatic N) is 1. The summed E-state index contributed by atoms with van der Waals surface area (Å²) in [5.41, 5.74) is 1.28. The lowest BCUT2D eigenvalue weighted by molar-refractivity contribution is 0.598. The summed E-state index contributed by atoms with van der Waals surface area (Å²) in [5, 5.41) is 3.32. The molecule has 1 heterocycles. The quantitative estimate of drug-likeness (QED) is 0.438. The van der Waals surface area contributed by atoms with Crippen LogP contribution >= 0.6 is 12.4 Å². The van der Waals surface area contributed by atoms with Crippen molar-refractivity contribution >= 4 is 49.5 Å². The zero-order valence-electron chi connectivity index (χ0n) is 18.3. The number of hydrogen-bond acceptors (Lipinski definition) is 6. The van der Waals surface area contributed by atoms with Crippen LogP contribution < -0.4 is 19.7 Å². The van der Waals surface area contributed by atoms with Crippen molar-refractivity contribution in [2.24, 2.45) is 0 Å². The van der Waals surface area contributed by atoms with Crippen LogP contribution in [0.15, 0.2) is 88.7 Å². The summed E-state index contributed by atoms with van der Waals surface area (Å²) in [6.07, 6.45) is 0.889. The van der Waals surface area contributed by atoms with Crippen LogP contribution in [-0.4, -0.2) is 43.0 Å². The van der Waals surface area contributed by atoms with Crippen molar-refractivity contribution in [3.8, 4) is 0 Å². The van der Waals surface area contributed by atoms with Gasteiger partial charge < -0.3 is 10.2 Å². The SMILES string of the molecule is Cl.O=S(=O)(Nc1ccccc1)c1ccc(N2CCCNCC2)c(NS(=O)(=O)c2ccccc2)c1. The first-order valence-electron chi connectivity index (χ1n) is 10.6. The Morgan fingerprint density at radius 3 is 2.06 bits per heavy atom. The molecule has 4 rings (SSSR count). The van der Waals surface area contributed by atoms with Gasteiger partial charge in [0, 0.05) is 25.3 Å². The number of benzene rings is 3. The lowest BCUT2D eigenvalue weighted by Gasteiger charge is -2.26. The zero-order chi connectivity index (χ0) is 23.3. The van der Waals surface area contributed by atoms with Crippen molar-refractivity contribution in [2.75, 3.05) is 40.5 Å². The molecule has 182 valence electrons. The maximum Gasteiger partial charge on any atom is 0.261 e. The number of nitrogens with one attached hydrogen (secondary N) is 3. The lowest BCUT2D eigenvalue weighted by atomic mass is 10.2. The predicted molar refractivity (Wildman–Crippen MR) is 138 cm³/mol. The van der Waals surface area contributed by atoms with Crippen molar-refractivity contribution in [1.82, 2.24) is 5.32 Å². The van der Waals surface area contributed by atoms with E-state index in [0.717, 1.165) is 26.1 Å². The van der Waals surface area contributed by atoms with Gasteiger partial charge in [-0.2, -0.15) is 0 Å². The fourth-order valence-electron chi connectivity index (χ4n) is 3.65. The predicted octanol–water partition coefficient (Wildman–Crippen LogP) is 3.51. The normalized spacial score (nSPS) is 14.5. The number of para-hydroxylation sites is 1. The second-order valence-corrected chi connectivity index (χ2v) is 11.0. The molecule has 0 aromatic heterocycles. The first-order valence-corrected chi connectivity index (χ1v) is 13.6. The van der Waals surface area contributed by atoms with Crippen LogP contribution in [0.25, 0.3) is 0 Å². The van der Waals surface area contributed by atoms with Crippen LogP contribution in [0.5, 0.6) is 0 Å². The Morgan fingerprint density at radius 2 is 1.35 bits per heavy atom. The van der Waals surface area contributed by atoms with E-state index in [1.54, 1.807) is 54.6 Å². The van der Waals surface area contributed by atoms with Crippen LogP contribution in [0.1, 0.15) is 6.42 Å². The second-order valence-electron chi connectivity index (χ2n) is 7.66. The van der Waals surface area contributed by atoms with E-state index in [9.17, 15) is 16.8 Å². The third-order valence-corrected chi connectivity index (χ3v) is 8.04. The number of halogens is 1. The van der Waals surface area contributed by atoms with Gasteiger partial charge in [-0.05, 0) is 55.4 Å². The largest absolute Gasteiger partial charge is 0.369 e. The number of anilines is 3. The Balaban J connectivity index is 0.00000324. The third kappa shape index (κ3) is 6.20. The molecule has 0 unspecified atom stereocenters. The molecule has 0 saturated carbocycles. The highest BCUT2D eigenvalue weighted by atomic mass is 35.5. The average Bonchev–Trinajstić information content (AvgIpc) is 3.09. The number of rotatable bonds is 7. The molecule has 0 atom stereocenters. The molecule has 3 N–H and O–H groups in total. The maximum absolute atomic E-state index is 13.0. The van der Waals surface area contributed by atoms with E-state index in [1.807, 2.05) is 0 Å². The monoisotopic (exact) mass is 522 g/mol. The molecule has 34 heavy (non-hydrogen) atoms. The summed E-state index contributed by atoms with van der Waals surface area (Å²) in [6.45, 7) is 3.02. The van der Waals surface area contributed by atoms with Crippen LogP contribution in [-0.2, 0) is 20.0 Å². The topological polar surface area (TPSA) is 108 Å². The molecular weight excluding hydrogens is 496 g/mol. The third-order valence-electron chi connectivity index (χ3n) is 5.28. The van der Waals surface area contributed by atoms with E-state index in [0.29, 0.717) is 17.9 Å². The van der Waals surface area contributed by atoms with Gasteiger partial charge in [0.25, 0.3) is 20.0 Å². The van der Waals surface area contributed by atoms with Crippen molar-refractivity contribution in [2.45, 2.75) is 16.2 Å². The van der Waals surface area contributed by atoms with Gasteiger partial charge in [0.05, 0.1) is 21.2 Å². The highest BCUT2D eigenvalue weighted by Gasteiger charge is 2.23. The molecule has 0 aliphatic carbocycles. The molecule has 1 fully saturated rings. The molecule has 1 aliphatic heterocycles. The highest BCUT2D eigenvalue weighted by molar-refractivity contribution is 7.93.